The highest BCUT2D eigenvalue weighted by Gasteiger charge is 2.22. The summed E-state index contributed by atoms with van der Waals surface area (Å²) in [6.45, 7) is 0.438. The van der Waals surface area contributed by atoms with E-state index in [9.17, 15) is 4.79 Å². The van der Waals surface area contributed by atoms with Crippen molar-refractivity contribution in [3.05, 3.63) is 57.8 Å². The average molecular weight is 325 g/mol. The summed E-state index contributed by atoms with van der Waals surface area (Å²) in [7, 11) is 3.15. The zero-order valence-corrected chi connectivity index (χ0v) is 13.1. The molecule has 4 nitrogen and oxygen atoms in total. The number of amides is 1. The molecular formula is C15H14Cl2N2O2. The minimum atomic E-state index is -0.254. The van der Waals surface area contributed by atoms with Crippen molar-refractivity contribution in [2.24, 2.45) is 0 Å². The lowest BCUT2D eigenvalue weighted by Crippen LogP contribution is -2.27. The first-order chi connectivity index (χ1) is 10.0. The van der Waals surface area contributed by atoms with Crippen LogP contribution >= 0.6 is 23.2 Å². The van der Waals surface area contributed by atoms with Gasteiger partial charge in [-0.15, -0.1) is 0 Å². The van der Waals surface area contributed by atoms with E-state index < -0.39 is 0 Å². The summed E-state index contributed by atoms with van der Waals surface area (Å²) in [5.41, 5.74) is 1.24. The lowest BCUT2D eigenvalue weighted by Gasteiger charge is -2.20. The van der Waals surface area contributed by atoms with Crippen molar-refractivity contribution in [3.63, 3.8) is 0 Å². The van der Waals surface area contributed by atoms with Crippen molar-refractivity contribution < 1.29 is 9.53 Å². The van der Waals surface area contributed by atoms with E-state index in [2.05, 4.69) is 4.98 Å². The molecule has 6 heteroatoms. The minimum absolute atomic E-state index is 0.254. The predicted molar refractivity (Wildman–Crippen MR) is 83.0 cm³/mol. The first-order valence-electron chi connectivity index (χ1n) is 6.21. The Balaban J connectivity index is 2.30. The van der Waals surface area contributed by atoms with E-state index in [1.54, 1.807) is 36.5 Å². The summed E-state index contributed by atoms with van der Waals surface area (Å²) in [6, 6.07) is 6.88. The summed E-state index contributed by atoms with van der Waals surface area (Å²) in [6.07, 6.45) is 3.36. The van der Waals surface area contributed by atoms with Crippen LogP contribution < -0.4 is 4.74 Å². The summed E-state index contributed by atoms with van der Waals surface area (Å²) in [4.78, 5) is 18.1. The summed E-state index contributed by atoms with van der Waals surface area (Å²) < 4.78 is 5.20. The van der Waals surface area contributed by atoms with Crippen LogP contribution in [-0.2, 0) is 6.54 Å². The second-order valence-corrected chi connectivity index (χ2v) is 5.27. The Kier molecular flexibility index (Phi) is 5.04. The maximum Gasteiger partial charge on any atom is 0.259 e. The van der Waals surface area contributed by atoms with Gasteiger partial charge in [0.1, 0.15) is 5.56 Å². The Morgan fingerprint density at radius 2 is 1.81 bits per heavy atom. The number of pyridine rings is 1. The Bertz CT molecular complexity index is 648. The largest absolute Gasteiger partial charge is 0.494 e. The number of rotatable bonds is 4. The molecule has 2 rings (SSSR count). The maximum absolute atomic E-state index is 12.6. The fourth-order valence-corrected chi connectivity index (χ4v) is 2.42. The van der Waals surface area contributed by atoms with E-state index >= 15 is 0 Å². The highest BCUT2D eigenvalue weighted by atomic mass is 35.5. The molecule has 0 fully saturated rings. The summed E-state index contributed by atoms with van der Waals surface area (Å²) >= 11 is 12.2. The van der Waals surface area contributed by atoms with Crippen molar-refractivity contribution in [2.45, 2.75) is 6.54 Å². The predicted octanol–water partition coefficient (Wildman–Crippen LogP) is 3.67. The lowest BCUT2D eigenvalue weighted by molar-refractivity contribution is 0.0782. The van der Waals surface area contributed by atoms with Crippen LogP contribution in [0.5, 0.6) is 5.75 Å². The van der Waals surface area contributed by atoms with E-state index in [4.69, 9.17) is 27.9 Å². The number of aromatic nitrogens is 1. The van der Waals surface area contributed by atoms with E-state index in [-0.39, 0.29) is 17.2 Å². The first-order valence-corrected chi connectivity index (χ1v) is 6.96. The van der Waals surface area contributed by atoms with E-state index in [0.717, 1.165) is 5.56 Å². The molecule has 0 aliphatic heterocycles. The molecule has 110 valence electrons. The highest BCUT2D eigenvalue weighted by molar-refractivity contribution is 6.37. The molecule has 1 aromatic heterocycles. The minimum Gasteiger partial charge on any atom is -0.494 e. The molecule has 2 aromatic rings. The average Bonchev–Trinajstić information content (AvgIpc) is 2.49. The maximum atomic E-state index is 12.6. The lowest BCUT2D eigenvalue weighted by atomic mass is 10.1. The van der Waals surface area contributed by atoms with Crippen LogP contribution in [0.1, 0.15) is 15.9 Å². The topological polar surface area (TPSA) is 42.4 Å². The number of ether oxygens (including phenoxy) is 1. The zero-order valence-electron chi connectivity index (χ0n) is 11.6. The zero-order chi connectivity index (χ0) is 15.4. The third kappa shape index (κ3) is 3.46. The van der Waals surface area contributed by atoms with Gasteiger partial charge in [0.15, 0.2) is 5.75 Å². The molecular weight excluding hydrogens is 311 g/mol. The van der Waals surface area contributed by atoms with Gasteiger partial charge < -0.3 is 9.64 Å². The number of carbonyl (C=O) groups excluding carboxylic acids is 1. The van der Waals surface area contributed by atoms with E-state index in [1.807, 2.05) is 12.1 Å². The number of hydrogen-bond acceptors (Lipinski definition) is 3. The van der Waals surface area contributed by atoms with Crippen molar-refractivity contribution in [2.75, 3.05) is 14.2 Å². The second-order valence-electron chi connectivity index (χ2n) is 4.45. The van der Waals surface area contributed by atoms with Gasteiger partial charge in [-0.25, -0.2) is 0 Å². The number of halogens is 2. The molecule has 1 amide bonds. The van der Waals surface area contributed by atoms with Gasteiger partial charge in [0.25, 0.3) is 5.91 Å². The molecule has 0 saturated heterocycles. The number of benzene rings is 1. The van der Waals surface area contributed by atoms with Crippen LogP contribution in [0.25, 0.3) is 0 Å². The highest BCUT2D eigenvalue weighted by Crippen LogP contribution is 2.34. The van der Waals surface area contributed by atoms with Crippen LogP contribution in [0.4, 0.5) is 0 Å². The Labute approximate surface area is 133 Å². The van der Waals surface area contributed by atoms with Gasteiger partial charge in [-0.1, -0.05) is 23.2 Å². The van der Waals surface area contributed by atoms with E-state index in [1.165, 1.54) is 7.11 Å². The molecule has 21 heavy (non-hydrogen) atoms. The fraction of sp³-hybridized carbons (Fsp3) is 0.200. The molecule has 1 heterocycles. The van der Waals surface area contributed by atoms with Crippen molar-refractivity contribution in [1.29, 1.82) is 0 Å². The molecule has 0 atom stereocenters. The monoisotopic (exact) mass is 324 g/mol. The van der Waals surface area contributed by atoms with E-state index in [0.29, 0.717) is 16.6 Å². The Hall–Kier alpha value is -1.78. The quantitative estimate of drug-likeness (QED) is 0.861. The molecule has 0 bridgehead atoms. The van der Waals surface area contributed by atoms with Gasteiger partial charge in [0, 0.05) is 26.0 Å². The Morgan fingerprint density at radius 1 is 1.19 bits per heavy atom. The number of nitrogens with zero attached hydrogens (tertiary/aromatic N) is 2. The molecule has 0 aliphatic carbocycles. The third-order valence-electron chi connectivity index (χ3n) is 2.99. The Morgan fingerprint density at radius 3 is 2.43 bits per heavy atom. The van der Waals surface area contributed by atoms with Crippen LogP contribution in [0.2, 0.25) is 10.0 Å². The molecule has 0 aliphatic rings. The van der Waals surface area contributed by atoms with Crippen molar-refractivity contribution >= 4 is 29.1 Å². The SMILES string of the molecule is COc1c(Cl)ccc(Cl)c1C(=O)N(C)Cc1ccncc1. The first kappa shape index (κ1) is 15.6. The van der Waals surface area contributed by atoms with Gasteiger partial charge in [-0.05, 0) is 29.8 Å². The molecule has 1 aromatic carbocycles. The van der Waals surface area contributed by atoms with Gasteiger partial charge in [0.2, 0.25) is 0 Å². The van der Waals surface area contributed by atoms with Crippen LogP contribution in [0, 0.1) is 0 Å². The van der Waals surface area contributed by atoms with Crippen molar-refractivity contribution in [3.8, 4) is 5.75 Å². The summed E-state index contributed by atoms with van der Waals surface area (Å²) in [5.74, 6) is 0.0342. The van der Waals surface area contributed by atoms with Crippen molar-refractivity contribution in [1.82, 2.24) is 9.88 Å². The smallest absolute Gasteiger partial charge is 0.259 e. The number of methoxy groups -OCH3 is 1. The molecule has 0 N–H and O–H groups in total. The standard InChI is InChI=1S/C15H14Cl2N2O2/c1-19(9-10-5-7-18-8-6-10)15(20)13-11(16)3-4-12(17)14(13)21-2/h3-8H,9H2,1-2H3. The molecule has 0 saturated carbocycles. The molecule has 0 spiro atoms. The van der Waals surface area contributed by atoms with Gasteiger partial charge >= 0.3 is 0 Å². The fourth-order valence-electron chi connectivity index (χ4n) is 1.96. The van der Waals surface area contributed by atoms with Gasteiger partial charge in [-0.2, -0.15) is 0 Å². The van der Waals surface area contributed by atoms with Crippen LogP contribution in [-0.4, -0.2) is 29.9 Å². The van der Waals surface area contributed by atoms with Gasteiger partial charge in [0.05, 0.1) is 17.2 Å². The second kappa shape index (κ2) is 6.78. The van der Waals surface area contributed by atoms with Crippen LogP contribution in [0.3, 0.4) is 0 Å². The normalized spacial score (nSPS) is 10.3. The van der Waals surface area contributed by atoms with Gasteiger partial charge in [-0.3, -0.25) is 9.78 Å². The number of carbonyl (C=O) groups is 1. The number of hydrogen-bond donors (Lipinski definition) is 0. The summed E-state index contributed by atoms with van der Waals surface area (Å²) in [5, 5.41) is 0.658. The molecule has 0 radical (unpaired) electrons. The van der Waals surface area contributed by atoms with Crippen LogP contribution in [0.15, 0.2) is 36.7 Å². The third-order valence-corrected chi connectivity index (χ3v) is 3.61. The molecule has 0 unspecified atom stereocenters.